The Morgan fingerprint density at radius 3 is 2.45 bits per heavy atom. The summed E-state index contributed by atoms with van der Waals surface area (Å²) < 4.78 is 4.54. The summed E-state index contributed by atoms with van der Waals surface area (Å²) in [6.07, 6.45) is -1.83. The molecule has 0 bridgehead atoms. The second kappa shape index (κ2) is 6.39. The first-order chi connectivity index (χ1) is 9.54. The maximum Gasteiger partial charge on any atom is 0.184 e. The topological polar surface area (TPSA) is 145 Å². The maximum absolute atomic E-state index is 8.93. The number of aliphatic hydroxyl groups is 4. The fourth-order valence-electron chi connectivity index (χ4n) is 1.61. The normalized spacial score (nSPS) is 29.2. The number of aromatic nitrogens is 4. The van der Waals surface area contributed by atoms with E-state index in [4.69, 9.17) is 32.0 Å². The van der Waals surface area contributed by atoms with Crippen LogP contribution in [0.1, 0.15) is 0 Å². The number of aliphatic hydroxyl groups excluding tert-OH is 4. The minimum absolute atomic E-state index is 0.381. The molecule has 1 fully saturated rings. The average molecular weight is 305 g/mol. The van der Waals surface area contributed by atoms with Gasteiger partial charge in [-0.05, 0) is 0 Å². The van der Waals surface area contributed by atoms with Crippen molar-refractivity contribution >= 4 is 22.8 Å². The van der Waals surface area contributed by atoms with Crippen LogP contribution in [0.15, 0.2) is 12.7 Å². The predicted molar refractivity (Wildman–Crippen MR) is 66.7 cm³/mol. The minimum Gasteiger partial charge on any atom is -0.394 e. The van der Waals surface area contributed by atoms with Crippen molar-refractivity contribution in [2.45, 2.75) is 24.6 Å². The summed E-state index contributed by atoms with van der Waals surface area (Å²) in [4.78, 5) is 14.4. The largest absolute Gasteiger partial charge is 0.394 e. The molecule has 1 unspecified atom stereocenters. The highest BCUT2D eigenvalue weighted by Gasteiger charge is 2.41. The Balaban J connectivity index is 0.000000147. The van der Waals surface area contributed by atoms with Crippen LogP contribution in [0.4, 0.5) is 0 Å². The van der Waals surface area contributed by atoms with E-state index in [0.717, 1.165) is 0 Å². The quantitative estimate of drug-likeness (QED) is 0.397. The number of ether oxygens (including phenoxy) is 1. The third kappa shape index (κ3) is 3.03. The van der Waals surface area contributed by atoms with Gasteiger partial charge in [0.1, 0.15) is 30.2 Å². The van der Waals surface area contributed by atoms with Gasteiger partial charge in [-0.25, -0.2) is 15.0 Å². The molecule has 2 aromatic rings. The molecule has 3 heterocycles. The monoisotopic (exact) mass is 304 g/mol. The second-order valence-electron chi connectivity index (χ2n) is 3.99. The van der Waals surface area contributed by atoms with Crippen LogP contribution in [-0.4, -0.2) is 71.6 Å². The van der Waals surface area contributed by atoms with Crippen molar-refractivity contribution in [2.75, 3.05) is 6.61 Å². The number of rotatable bonds is 1. The van der Waals surface area contributed by atoms with Gasteiger partial charge in [0, 0.05) is 0 Å². The van der Waals surface area contributed by atoms with Crippen molar-refractivity contribution in [1.29, 1.82) is 0 Å². The Morgan fingerprint density at radius 1 is 1.20 bits per heavy atom. The lowest BCUT2D eigenvalue weighted by molar-refractivity contribution is -0.132. The van der Waals surface area contributed by atoms with Gasteiger partial charge >= 0.3 is 0 Å². The highest BCUT2D eigenvalue weighted by molar-refractivity contribution is 6.33. The Morgan fingerprint density at radius 2 is 1.95 bits per heavy atom. The zero-order valence-electron chi connectivity index (χ0n) is 10.1. The smallest absolute Gasteiger partial charge is 0.184 e. The van der Waals surface area contributed by atoms with E-state index in [9.17, 15) is 0 Å². The lowest BCUT2D eigenvalue weighted by atomic mass is 10.1. The van der Waals surface area contributed by atoms with Crippen molar-refractivity contribution in [2.24, 2.45) is 0 Å². The molecule has 1 aliphatic rings. The van der Waals surface area contributed by atoms with E-state index in [1.807, 2.05) is 0 Å². The molecule has 0 radical (unpaired) electrons. The van der Waals surface area contributed by atoms with Crippen LogP contribution < -0.4 is 0 Å². The number of nitrogens with one attached hydrogen (secondary N) is 1. The second-order valence-corrected chi connectivity index (χ2v) is 4.35. The van der Waals surface area contributed by atoms with Gasteiger partial charge in [0.2, 0.25) is 0 Å². The van der Waals surface area contributed by atoms with E-state index in [1.165, 1.54) is 12.7 Å². The van der Waals surface area contributed by atoms with E-state index in [2.05, 4.69) is 24.7 Å². The SMILES string of the molecule is Clc1ncnc2[nH]cnc12.OC[C@H]1OC(O)[C@H](O)[C@@H]1O. The van der Waals surface area contributed by atoms with Crippen LogP contribution in [0.3, 0.4) is 0 Å². The maximum atomic E-state index is 8.93. The van der Waals surface area contributed by atoms with Crippen molar-refractivity contribution in [3.63, 3.8) is 0 Å². The third-order valence-electron chi connectivity index (χ3n) is 2.69. The summed E-state index contributed by atoms with van der Waals surface area (Å²) in [5.74, 6) is 0. The number of hydrogen-bond donors (Lipinski definition) is 5. The molecule has 2 aromatic heterocycles. The van der Waals surface area contributed by atoms with E-state index in [0.29, 0.717) is 16.3 Å². The van der Waals surface area contributed by atoms with Crippen LogP contribution in [0.25, 0.3) is 11.2 Å². The molecule has 3 rings (SSSR count). The van der Waals surface area contributed by atoms with Gasteiger partial charge in [-0.15, -0.1) is 0 Å². The zero-order valence-corrected chi connectivity index (χ0v) is 10.8. The number of aromatic amines is 1. The number of hydrogen-bond acceptors (Lipinski definition) is 8. The summed E-state index contributed by atoms with van der Waals surface area (Å²) in [7, 11) is 0. The van der Waals surface area contributed by atoms with E-state index in [1.54, 1.807) is 0 Å². The number of H-pyrrole nitrogens is 1. The van der Waals surface area contributed by atoms with Crippen LogP contribution >= 0.6 is 11.6 Å². The molecule has 20 heavy (non-hydrogen) atoms. The molecule has 9 nitrogen and oxygen atoms in total. The Labute approximate surface area is 117 Å². The summed E-state index contributed by atoms with van der Waals surface area (Å²) in [5, 5.41) is 35.3. The molecule has 10 heteroatoms. The van der Waals surface area contributed by atoms with Crippen LogP contribution in [0.2, 0.25) is 5.15 Å². The predicted octanol–water partition coefficient (Wildman–Crippen LogP) is -1.58. The van der Waals surface area contributed by atoms with Gasteiger partial charge in [-0.3, -0.25) is 0 Å². The number of imidazole rings is 1. The van der Waals surface area contributed by atoms with Crippen molar-refractivity contribution in [3.05, 3.63) is 17.8 Å². The van der Waals surface area contributed by atoms with Crippen LogP contribution in [0, 0.1) is 0 Å². The van der Waals surface area contributed by atoms with E-state index in [-0.39, 0.29) is 0 Å². The molecule has 4 atom stereocenters. The fraction of sp³-hybridized carbons (Fsp3) is 0.500. The highest BCUT2D eigenvalue weighted by atomic mass is 35.5. The van der Waals surface area contributed by atoms with Crippen molar-refractivity contribution < 1.29 is 25.2 Å². The first-order valence-corrected chi connectivity index (χ1v) is 6.02. The molecule has 1 aliphatic heterocycles. The molecule has 110 valence electrons. The van der Waals surface area contributed by atoms with E-state index >= 15 is 0 Å². The first kappa shape index (κ1) is 15.0. The van der Waals surface area contributed by atoms with Gasteiger partial charge in [0.25, 0.3) is 0 Å². The molecule has 1 saturated heterocycles. The molecular weight excluding hydrogens is 292 g/mol. The third-order valence-corrected chi connectivity index (χ3v) is 2.97. The van der Waals surface area contributed by atoms with Crippen LogP contribution in [0.5, 0.6) is 0 Å². The molecule has 0 amide bonds. The number of halogens is 1. The average Bonchev–Trinajstić information content (AvgIpc) is 3.01. The zero-order chi connectivity index (χ0) is 14.7. The lowest BCUT2D eigenvalue weighted by Gasteiger charge is -2.09. The fourth-order valence-corrected chi connectivity index (χ4v) is 1.80. The van der Waals surface area contributed by atoms with E-state index < -0.39 is 31.2 Å². The Hall–Kier alpha value is -1.36. The molecule has 0 aromatic carbocycles. The van der Waals surface area contributed by atoms with Gasteiger partial charge in [-0.1, -0.05) is 11.6 Å². The molecule has 0 saturated carbocycles. The standard InChI is InChI=1S/C5H3ClN4.C5H10O5/c6-4-3-5(9-1-7-3)10-2-8-4;6-1-2-3(7)4(8)5(9)10-2/h1-2H,(H,7,8,9,10);2-9H,1H2/t;2-,3-,4-,5?/m.1/s1. The molecule has 5 N–H and O–H groups in total. The summed E-state index contributed by atoms with van der Waals surface area (Å²) >= 11 is 5.66. The Kier molecular flexibility index (Phi) is 4.81. The van der Waals surface area contributed by atoms with Crippen molar-refractivity contribution in [3.8, 4) is 0 Å². The number of nitrogens with zero attached hydrogens (tertiary/aromatic N) is 3. The van der Waals surface area contributed by atoms with Gasteiger partial charge in [0.05, 0.1) is 12.9 Å². The van der Waals surface area contributed by atoms with Gasteiger partial charge in [0.15, 0.2) is 17.1 Å². The highest BCUT2D eigenvalue weighted by Crippen LogP contribution is 2.18. The van der Waals surface area contributed by atoms with Gasteiger partial charge < -0.3 is 30.1 Å². The van der Waals surface area contributed by atoms with Gasteiger partial charge in [-0.2, -0.15) is 0 Å². The Bertz CT molecular complexity index is 567. The summed E-state index contributed by atoms with van der Waals surface area (Å²) in [6, 6.07) is 0. The molecular formula is C10H13ClN4O5. The van der Waals surface area contributed by atoms with Crippen molar-refractivity contribution in [1.82, 2.24) is 19.9 Å². The minimum atomic E-state index is -1.38. The first-order valence-electron chi connectivity index (χ1n) is 5.64. The summed E-state index contributed by atoms with van der Waals surface area (Å²) in [5.41, 5.74) is 1.28. The lowest BCUT2D eigenvalue weighted by Crippen LogP contribution is -2.33. The molecule has 0 aliphatic carbocycles. The van der Waals surface area contributed by atoms with Crippen LogP contribution in [-0.2, 0) is 4.74 Å². The summed E-state index contributed by atoms with van der Waals surface area (Å²) in [6.45, 7) is -0.407. The molecule has 0 spiro atoms. The number of fused-ring (bicyclic) bond motifs is 1.